The molecule has 0 unspecified atom stereocenters. The Morgan fingerprint density at radius 1 is 1.00 bits per heavy atom. The fourth-order valence-electron chi connectivity index (χ4n) is 3.80. The highest BCUT2D eigenvalue weighted by Gasteiger charge is 2.08. The monoisotopic (exact) mass is 456 g/mol. The first-order valence-electron chi connectivity index (χ1n) is 10.8. The third-order valence-corrected chi connectivity index (χ3v) is 6.29. The van der Waals surface area contributed by atoms with Crippen LogP contribution in [0.3, 0.4) is 0 Å². The molecule has 2 aromatic heterocycles. The van der Waals surface area contributed by atoms with Gasteiger partial charge in [-0.3, -0.25) is 5.43 Å². The summed E-state index contributed by atoms with van der Waals surface area (Å²) in [5.41, 5.74) is 6.29. The number of nitrogens with one attached hydrogen (secondary N) is 1. The lowest BCUT2D eigenvalue weighted by Gasteiger charge is -2.10. The molecular formula is C26H24N4O2S. The molecular weight excluding hydrogens is 432 g/mol. The van der Waals surface area contributed by atoms with Gasteiger partial charge in [-0.15, -0.1) is 0 Å². The zero-order valence-corrected chi connectivity index (χ0v) is 19.1. The van der Waals surface area contributed by atoms with Crippen LogP contribution in [0.4, 0.5) is 5.13 Å². The molecule has 5 rings (SSSR count). The van der Waals surface area contributed by atoms with E-state index in [1.54, 1.807) is 18.4 Å². The summed E-state index contributed by atoms with van der Waals surface area (Å²) < 4.78 is 14.7. The summed E-state index contributed by atoms with van der Waals surface area (Å²) in [5.74, 6) is 1.52. The molecule has 0 spiro atoms. The number of benzene rings is 3. The Hall–Kier alpha value is -3.84. The molecule has 7 heteroatoms. The van der Waals surface area contributed by atoms with Gasteiger partial charge < -0.3 is 14.0 Å². The standard InChI is InChI=1S/C26H24N4O2S/c1-31-23-12-5-6-13-24(23)32-16-8-15-30-18-19(20-9-2-4-11-22(20)30)17-27-29-26-28-21-10-3-7-14-25(21)33-26/h2-7,9-14,17-18H,8,15-16H2,1H3,(H,28,29)/b27-17-. The molecule has 0 aliphatic rings. The Kier molecular flexibility index (Phi) is 6.21. The Morgan fingerprint density at radius 2 is 1.79 bits per heavy atom. The molecule has 0 aliphatic carbocycles. The molecule has 0 bridgehead atoms. The second-order valence-corrected chi connectivity index (χ2v) is 8.54. The molecule has 1 N–H and O–H groups in total. The number of fused-ring (bicyclic) bond motifs is 2. The minimum absolute atomic E-state index is 0.607. The van der Waals surface area contributed by atoms with E-state index in [1.165, 1.54) is 5.52 Å². The zero-order chi connectivity index (χ0) is 22.5. The third-order valence-electron chi connectivity index (χ3n) is 5.35. The summed E-state index contributed by atoms with van der Waals surface area (Å²) in [7, 11) is 1.66. The van der Waals surface area contributed by atoms with Gasteiger partial charge in [0.15, 0.2) is 11.5 Å². The van der Waals surface area contributed by atoms with Crippen LogP contribution >= 0.6 is 11.3 Å². The average molecular weight is 457 g/mol. The second kappa shape index (κ2) is 9.75. The SMILES string of the molecule is COc1ccccc1OCCCn1cc(/C=N\Nc2nc3ccccc3s2)c2ccccc21. The van der Waals surface area contributed by atoms with Gasteiger partial charge >= 0.3 is 0 Å². The number of aromatic nitrogens is 2. The summed E-state index contributed by atoms with van der Waals surface area (Å²) >= 11 is 1.59. The molecule has 166 valence electrons. The molecule has 0 saturated heterocycles. The van der Waals surface area contributed by atoms with Crippen LogP contribution in [-0.2, 0) is 6.54 Å². The maximum atomic E-state index is 5.93. The minimum Gasteiger partial charge on any atom is -0.493 e. The van der Waals surface area contributed by atoms with Crippen molar-refractivity contribution in [1.29, 1.82) is 0 Å². The highest BCUT2D eigenvalue weighted by atomic mass is 32.1. The largest absolute Gasteiger partial charge is 0.493 e. The summed E-state index contributed by atoms with van der Waals surface area (Å²) in [4.78, 5) is 4.56. The zero-order valence-electron chi connectivity index (χ0n) is 18.3. The van der Waals surface area contributed by atoms with E-state index >= 15 is 0 Å². The quantitative estimate of drug-likeness (QED) is 0.164. The van der Waals surface area contributed by atoms with Crippen molar-refractivity contribution in [3.05, 3.63) is 84.6 Å². The number of anilines is 1. The Labute approximate surface area is 196 Å². The Morgan fingerprint density at radius 3 is 2.67 bits per heavy atom. The van der Waals surface area contributed by atoms with E-state index in [9.17, 15) is 0 Å². The van der Waals surface area contributed by atoms with Gasteiger partial charge in [-0.2, -0.15) is 5.10 Å². The molecule has 2 heterocycles. The van der Waals surface area contributed by atoms with Gasteiger partial charge in [-0.05, 0) is 36.8 Å². The van der Waals surface area contributed by atoms with Crippen LogP contribution in [0.15, 0.2) is 84.1 Å². The molecule has 0 amide bonds. The van der Waals surface area contributed by atoms with Crippen LogP contribution in [0.5, 0.6) is 11.5 Å². The van der Waals surface area contributed by atoms with Crippen molar-refractivity contribution in [3.63, 3.8) is 0 Å². The van der Waals surface area contributed by atoms with Crippen molar-refractivity contribution in [2.45, 2.75) is 13.0 Å². The van der Waals surface area contributed by atoms with Crippen molar-refractivity contribution in [3.8, 4) is 11.5 Å². The van der Waals surface area contributed by atoms with Crippen molar-refractivity contribution >= 4 is 43.8 Å². The Bertz CT molecular complexity index is 1370. The van der Waals surface area contributed by atoms with Crippen LogP contribution < -0.4 is 14.9 Å². The summed E-state index contributed by atoms with van der Waals surface area (Å²) in [6.45, 7) is 1.45. The van der Waals surface area contributed by atoms with E-state index in [2.05, 4.69) is 56.6 Å². The number of rotatable bonds is 9. The molecule has 0 fully saturated rings. The maximum Gasteiger partial charge on any atom is 0.204 e. The fourth-order valence-corrected chi connectivity index (χ4v) is 4.61. The minimum atomic E-state index is 0.607. The van der Waals surface area contributed by atoms with Gasteiger partial charge in [0.05, 0.1) is 30.1 Å². The van der Waals surface area contributed by atoms with E-state index in [0.717, 1.165) is 50.8 Å². The smallest absolute Gasteiger partial charge is 0.204 e. The molecule has 6 nitrogen and oxygen atoms in total. The van der Waals surface area contributed by atoms with E-state index in [-0.39, 0.29) is 0 Å². The lowest BCUT2D eigenvalue weighted by molar-refractivity contribution is 0.283. The van der Waals surface area contributed by atoms with E-state index in [0.29, 0.717) is 6.61 Å². The van der Waals surface area contributed by atoms with Crippen LogP contribution in [0.25, 0.3) is 21.1 Å². The Balaban J connectivity index is 1.26. The predicted octanol–water partition coefficient (Wildman–Crippen LogP) is 6.17. The number of ether oxygens (including phenoxy) is 2. The topological polar surface area (TPSA) is 60.7 Å². The number of aryl methyl sites for hydroxylation is 1. The van der Waals surface area contributed by atoms with Gasteiger partial charge in [0, 0.05) is 29.2 Å². The number of para-hydroxylation sites is 4. The van der Waals surface area contributed by atoms with Crippen molar-refractivity contribution in [2.24, 2.45) is 5.10 Å². The number of hydrazone groups is 1. The number of hydrogen-bond acceptors (Lipinski definition) is 6. The summed E-state index contributed by atoms with van der Waals surface area (Å²) in [5, 5.41) is 6.39. The van der Waals surface area contributed by atoms with Gasteiger partial charge in [-0.25, -0.2) is 4.98 Å². The van der Waals surface area contributed by atoms with Crippen molar-refractivity contribution < 1.29 is 9.47 Å². The molecule has 0 atom stereocenters. The van der Waals surface area contributed by atoms with Gasteiger partial charge in [0.2, 0.25) is 5.13 Å². The van der Waals surface area contributed by atoms with Gasteiger partial charge in [0.1, 0.15) is 0 Å². The third kappa shape index (κ3) is 4.68. The molecule has 0 saturated carbocycles. The summed E-state index contributed by atoms with van der Waals surface area (Å²) in [6, 6.07) is 24.2. The van der Waals surface area contributed by atoms with E-state index < -0.39 is 0 Å². The van der Waals surface area contributed by atoms with Crippen LogP contribution in [-0.4, -0.2) is 29.5 Å². The normalized spacial score (nSPS) is 11.4. The van der Waals surface area contributed by atoms with Crippen molar-refractivity contribution in [2.75, 3.05) is 19.1 Å². The van der Waals surface area contributed by atoms with Crippen LogP contribution in [0, 0.1) is 0 Å². The van der Waals surface area contributed by atoms with E-state index in [4.69, 9.17) is 9.47 Å². The van der Waals surface area contributed by atoms with Gasteiger partial charge in [0.25, 0.3) is 0 Å². The lowest BCUT2D eigenvalue weighted by atomic mass is 10.2. The lowest BCUT2D eigenvalue weighted by Crippen LogP contribution is -2.04. The highest BCUT2D eigenvalue weighted by Crippen LogP contribution is 2.27. The second-order valence-electron chi connectivity index (χ2n) is 7.50. The molecule has 0 radical (unpaired) electrons. The average Bonchev–Trinajstić information content (AvgIpc) is 3.43. The number of nitrogens with zero attached hydrogens (tertiary/aromatic N) is 3. The number of hydrogen-bond donors (Lipinski definition) is 1. The molecule has 3 aromatic carbocycles. The molecule has 0 aliphatic heterocycles. The number of thiazole rings is 1. The summed E-state index contributed by atoms with van der Waals surface area (Å²) in [6.07, 6.45) is 4.87. The first-order valence-corrected chi connectivity index (χ1v) is 11.6. The fraction of sp³-hybridized carbons (Fsp3) is 0.154. The number of methoxy groups -OCH3 is 1. The predicted molar refractivity (Wildman–Crippen MR) is 136 cm³/mol. The van der Waals surface area contributed by atoms with Crippen LogP contribution in [0.2, 0.25) is 0 Å². The molecule has 5 aromatic rings. The van der Waals surface area contributed by atoms with Crippen LogP contribution in [0.1, 0.15) is 12.0 Å². The highest BCUT2D eigenvalue weighted by molar-refractivity contribution is 7.22. The van der Waals surface area contributed by atoms with Crippen molar-refractivity contribution in [1.82, 2.24) is 9.55 Å². The maximum absolute atomic E-state index is 5.93. The van der Waals surface area contributed by atoms with Gasteiger partial charge in [-0.1, -0.05) is 53.8 Å². The van der Waals surface area contributed by atoms with E-state index in [1.807, 2.05) is 48.7 Å². The molecule has 33 heavy (non-hydrogen) atoms. The first-order chi connectivity index (χ1) is 16.3. The first kappa shape index (κ1) is 21.0.